The van der Waals surface area contributed by atoms with Crippen LogP contribution in [0.2, 0.25) is 0 Å². The summed E-state index contributed by atoms with van der Waals surface area (Å²) in [6.45, 7) is 0. The first-order valence-electron chi connectivity index (χ1n) is 6.43. The van der Waals surface area contributed by atoms with E-state index in [1.54, 1.807) is 30.3 Å². The Bertz CT molecular complexity index is 711. The molecule has 114 valence electrons. The summed E-state index contributed by atoms with van der Waals surface area (Å²) in [5.41, 5.74) is 0.488. The van der Waals surface area contributed by atoms with Crippen LogP contribution in [0.15, 0.2) is 42.5 Å². The maximum atomic E-state index is 12.4. The van der Waals surface area contributed by atoms with Crippen LogP contribution in [0, 0.1) is 0 Å². The van der Waals surface area contributed by atoms with Gasteiger partial charge in [0, 0.05) is 0 Å². The van der Waals surface area contributed by atoms with Crippen LogP contribution in [0.3, 0.4) is 0 Å². The van der Waals surface area contributed by atoms with Gasteiger partial charge in [0.2, 0.25) is 0 Å². The molecule has 0 aliphatic heterocycles. The number of carbonyl (C=O) groups excluding carboxylic acids is 2. The number of rotatable bonds is 4. The summed E-state index contributed by atoms with van der Waals surface area (Å²) >= 11 is 0. The summed E-state index contributed by atoms with van der Waals surface area (Å²) in [6.07, 6.45) is 0. The van der Waals surface area contributed by atoms with Gasteiger partial charge in [-0.3, -0.25) is 4.79 Å². The van der Waals surface area contributed by atoms with Crippen molar-refractivity contribution in [2.24, 2.45) is 0 Å². The number of ether oxygens (including phenoxy) is 2. The van der Waals surface area contributed by atoms with E-state index in [9.17, 15) is 14.7 Å². The number of hydrogen-bond donors (Lipinski definition) is 2. The lowest BCUT2D eigenvalue weighted by Gasteiger charge is -2.12. The van der Waals surface area contributed by atoms with Gasteiger partial charge in [-0.2, -0.15) is 0 Å². The van der Waals surface area contributed by atoms with Crippen molar-refractivity contribution in [3.63, 3.8) is 0 Å². The van der Waals surface area contributed by atoms with Crippen LogP contribution >= 0.6 is 0 Å². The summed E-state index contributed by atoms with van der Waals surface area (Å²) in [4.78, 5) is 24.1. The van der Waals surface area contributed by atoms with E-state index in [1.165, 1.54) is 26.4 Å². The Morgan fingerprint density at radius 2 is 1.77 bits per heavy atom. The Hall–Kier alpha value is -3.02. The molecule has 0 unspecified atom stereocenters. The van der Waals surface area contributed by atoms with E-state index in [2.05, 4.69) is 10.1 Å². The quantitative estimate of drug-likeness (QED) is 0.847. The minimum Gasteiger partial charge on any atom is -0.507 e. The number of anilines is 1. The second-order valence-corrected chi connectivity index (χ2v) is 4.35. The molecule has 0 aromatic heterocycles. The fraction of sp³-hybridized carbons (Fsp3) is 0.125. The highest BCUT2D eigenvalue weighted by Gasteiger charge is 2.19. The molecular weight excluding hydrogens is 286 g/mol. The predicted octanol–water partition coefficient (Wildman–Crippen LogP) is 2.44. The highest BCUT2D eigenvalue weighted by Crippen LogP contribution is 2.28. The Kier molecular flexibility index (Phi) is 4.63. The van der Waals surface area contributed by atoms with Crippen LogP contribution in [0.1, 0.15) is 20.7 Å². The standard InChI is InChI=1S/C16H15NO5/c1-21-13-9-5-8-12(18)14(13)15(19)17-11-7-4-3-6-10(11)16(20)22-2/h3-9,18H,1-2H3,(H,17,19). The highest BCUT2D eigenvalue weighted by atomic mass is 16.5. The molecule has 0 spiro atoms. The molecule has 0 atom stereocenters. The number of phenols is 1. The fourth-order valence-corrected chi connectivity index (χ4v) is 1.98. The molecule has 1 amide bonds. The van der Waals surface area contributed by atoms with Gasteiger partial charge in [0.15, 0.2) is 0 Å². The summed E-state index contributed by atoms with van der Waals surface area (Å²) < 4.78 is 9.74. The number of phenolic OH excluding ortho intramolecular Hbond substituents is 1. The predicted molar refractivity (Wildman–Crippen MR) is 80.4 cm³/mol. The first kappa shape index (κ1) is 15.4. The lowest BCUT2D eigenvalue weighted by molar-refractivity contribution is 0.0602. The number of carbonyl (C=O) groups is 2. The molecule has 0 aliphatic carbocycles. The van der Waals surface area contributed by atoms with E-state index in [-0.39, 0.29) is 28.3 Å². The molecule has 2 aromatic rings. The summed E-state index contributed by atoms with van der Waals surface area (Å²) in [5, 5.41) is 12.4. The largest absolute Gasteiger partial charge is 0.507 e. The third-order valence-corrected chi connectivity index (χ3v) is 3.03. The average Bonchev–Trinajstić information content (AvgIpc) is 2.54. The zero-order chi connectivity index (χ0) is 16.1. The molecule has 0 saturated carbocycles. The smallest absolute Gasteiger partial charge is 0.339 e. The van der Waals surface area contributed by atoms with Gasteiger partial charge in [0.25, 0.3) is 5.91 Å². The van der Waals surface area contributed by atoms with Crippen molar-refractivity contribution in [3.05, 3.63) is 53.6 Å². The zero-order valence-corrected chi connectivity index (χ0v) is 12.1. The number of amides is 1. The van der Waals surface area contributed by atoms with Crippen LogP contribution < -0.4 is 10.1 Å². The molecule has 0 heterocycles. The molecule has 0 aliphatic rings. The van der Waals surface area contributed by atoms with E-state index < -0.39 is 11.9 Å². The SMILES string of the molecule is COC(=O)c1ccccc1NC(=O)c1c(O)cccc1OC. The van der Waals surface area contributed by atoms with Gasteiger partial charge in [0.05, 0.1) is 25.5 Å². The van der Waals surface area contributed by atoms with E-state index in [4.69, 9.17) is 4.74 Å². The highest BCUT2D eigenvalue weighted by molar-refractivity contribution is 6.10. The van der Waals surface area contributed by atoms with Gasteiger partial charge in [0.1, 0.15) is 17.1 Å². The molecule has 0 radical (unpaired) electrons. The molecule has 0 bridgehead atoms. The number of hydrogen-bond acceptors (Lipinski definition) is 5. The molecule has 2 rings (SSSR count). The number of nitrogens with one attached hydrogen (secondary N) is 1. The van der Waals surface area contributed by atoms with E-state index in [0.717, 1.165) is 0 Å². The Labute approximate surface area is 127 Å². The summed E-state index contributed by atoms with van der Waals surface area (Å²) in [5.74, 6) is -1.15. The van der Waals surface area contributed by atoms with E-state index in [0.29, 0.717) is 0 Å². The monoisotopic (exact) mass is 301 g/mol. The van der Waals surface area contributed by atoms with Crippen molar-refractivity contribution in [2.45, 2.75) is 0 Å². The van der Waals surface area contributed by atoms with E-state index >= 15 is 0 Å². The Balaban J connectivity index is 2.37. The lowest BCUT2D eigenvalue weighted by Crippen LogP contribution is -2.16. The first-order valence-corrected chi connectivity index (χ1v) is 6.43. The third-order valence-electron chi connectivity index (χ3n) is 3.03. The topological polar surface area (TPSA) is 84.9 Å². The lowest BCUT2D eigenvalue weighted by atomic mass is 10.1. The minimum atomic E-state index is -0.591. The molecular formula is C16H15NO5. The van der Waals surface area contributed by atoms with Gasteiger partial charge >= 0.3 is 5.97 Å². The number of esters is 1. The van der Waals surface area contributed by atoms with Crippen LogP contribution in [0.4, 0.5) is 5.69 Å². The number of para-hydroxylation sites is 1. The van der Waals surface area contributed by atoms with Crippen molar-refractivity contribution >= 4 is 17.6 Å². The molecule has 22 heavy (non-hydrogen) atoms. The van der Waals surface area contributed by atoms with Crippen LogP contribution in [0.5, 0.6) is 11.5 Å². The average molecular weight is 301 g/mol. The van der Waals surface area contributed by atoms with Crippen molar-refractivity contribution in [1.82, 2.24) is 0 Å². The zero-order valence-electron chi connectivity index (χ0n) is 12.1. The maximum absolute atomic E-state index is 12.4. The molecule has 0 saturated heterocycles. The number of aromatic hydroxyl groups is 1. The molecule has 0 fully saturated rings. The summed E-state index contributed by atoms with van der Waals surface area (Å²) in [6, 6.07) is 10.9. The molecule has 6 heteroatoms. The Morgan fingerprint density at radius 3 is 2.45 bits per heavy atom. The minimum absolute atomic E-state index is 0.00957. The van der Waals surface area contributed by atoms with Crippen molar-refractivity contribution in [2.75, 3.05) is 19.5 Å². The molecule has 6 nitrogen and oxygen atoms in total. The number of methoxy groups -OCH3 is 2. The van der Waals surface area contributed by atoms with Gasteiger partial charge in [-0.05, 0) is 24.3 Å². The first-order chi connectivity index (χ1) is 10.6. The van der Waals surface area contributed by atoms with Crippen LogP contribution in [-0.2, 0) is 4.74 Å². The Morgan fingerprint density at radius 1 is 1.05 bits per heavy atom. The summed E-state index contributed by atoms with van der Waals surface area (Å²) in [7, 11) is 2.65. The van der Waals surface area contributed by atoms with Crippen LogP contribution in [-0.4, -0.2) is 31.2 Å². The maximum Gasteiger partial charge on any atom is 0.339 e. The van der Waals surface area contributed by atoms with Gasteiger partial charge in [-0.25, -0.2) is 4.79 Å². The van der Waals surface area contributed by atoms with Gasteiger partial charge in [-0.15, -0.1) is 0 Å². The second-order valence-electron chi connectivity index (χ2n) is 4.35. The molecule has 2 aromatic carbocycles. The van der Waals surface area contributed by atoms with Crippen molar-refractivity contribution < 1.29 is 24.2 Å². The van der Waals surface area contributed by atoms with Crippen molar-refractivity contribution in [3.8, 4) is 11.5 Å². The fourth-order valence-electron chi connectivity index (χ4n) is 1.98. The second kappa shape index (κ2) is 6.62. The van der Waals surface area contributed by atoms with E-state index in [1.807, 2.05) is 0 Å². The van der Waals surface area contributed by atoms with Gasteiger partial charge in [-0.1, -0.05) is 18.2 Å². The van der Waals surface area contributed by atoms with Gasteiger partial charge < -0.3 is 19.9 Å². The van der Waals surface area contributed by atoms with Crippen molar-refractivity contribution in [1.29, 1.82) is 0 Å². The molecule has 2 N–H and O–H groups in total. The normalized spacial score (nSPS) is 9.91. The third kappa shape index (κ3) is 3.01. The number of benzene rings is 2. The van der Waals surface area contributed by atoms with Crippen LogP contribution in [0.25, 0.3) is 0 Å².